The van der Waals surface area contributed by atoms with Gasteiger partial charge in [0.1, 0.15) is 12.5 Å². The molecule has 0 N–H and O–H groups in total. The lowest BCUT2D eigenvalue weighted by Gasteiger charge is -2.19. The predicted molar refractivity (Wildman–Crippen MR) is 122 cm³/mol. The van der Waals surface area contributed by atoms with Crippen molar-refractivity contribution in [3.05, 3.63) is 76.2 Å². The van der Waals surface area contributed by atoms with Crippen LogP contribution in [-0.2, 0) is 19.2 Å². The number of allylic oxidation sites excluding steroid dienone is 1. The molecule has 2 aromatic rings. The number of nitrogens with zero attached hydrogens (tertiary/aromatic N) is 2. The molecule has 5 unspecified atom stereocenters. The van der Waals surface area contributed by atoms with Crippen LogP contribution in [0.5, 0.6) is 0 Å². The highest BCUT2D eigenvalue weighted by molar-refractivity contribution is 6.12. The van der Waals surface area contributed by atoms with Crippen LogP contribution in [0.15, 0.2) is 60.2 Å². The topological polar surface area (TPSA) is 77.3 Å². The van der Waals surface area contributed by atoms with Crippen molar-refractivity contribution in [2.24, 2.45) is 23.7 Å². The zero-order valence-corrected chi connectivity index (χ0v) is 18.8. The fourth-order valence-electron chi connectivity index (χ4n) is 6.77. The van der Waals surface area contributed by atoms with Gasteiger partial charge in [-0.1, -0.05) is 77.0 Å². The number of fused-ring (bicyclic) bond motifs is 8. The van der Waals surface area contributed by atoms with Crippen LogP contribution in [-0.4, -0.2) is 35.2 Å². The number of hydrogen-bond donors (Lipinski definition) is 0. The molecule has 7 nitrogen and oxygen atoms in total. The van der Waals surface area contributed by atoms with Gasteiger partial charge in [0, 0.05) is 11.8 Å². The lowest BCUT2D eigenvalue weighted by molar-refractivity contribution is -0.180. The number of ether oxygens (including phenoxy) is 1. The van der Waals surface area contributed by atoms with Crippen molar-refractivity contribution in [1.82, 2.24) is 5.06 Å². The molecule has 1 aliphatic heterocycles. The van der Waals surface area contributed by atoms with Crippen LogP contribution in [0.25, 0.3) is 16.0 Å². The molecule has 1 saturated carbocycles. The quantitative estimate of drug-likeness (QED) is 0.390. The van der Waals surface area contributed by atoms with E-state index >= 15 is 0 Å². The van der Waals surface area contributed by atoms with Gasteiger partial charge in [0.05, 0.1) is 5.92 Å². The third-order valence-electron chi connectivity index (χ3n) is 8.15. The zero-order valence-electron chi connectivity index (χ0n) is 18.8. The summed E-state index contributed by atoms with van der Waals surface area (Å²) in [6.45, 7) is 9.65. The van der Waals surface area contributed by atoms with E-state index in [0.717, 1.165) is 27.8 Å². The first-order chi connectivity index (χ1) is 16.4. The molecule has 5 atom stereocenters. The number of amides is 2. The molecule has 3 aliphatic carbocycles. The van der Waals surface area contributed by atoms with E-state index in [4.69, 9.17) is 16.1 Å². The van der Waals surface area contributed by atoms with E-state index in [1.54, 1.807) is 0 Å². The Hall–Kier alpha value is -3.92. The maximum atomic E-state index is 13.3. The third-order valence-corrected chi connectivity index (χ3v) is 8.15. The lowest BCUT2D eigenvalue weighted by Crippen LogP contribution is -2.45. The Balaban J connectivity index is 1.20. The maximum absolute atomic E-state index is 13.3. The van der Waals surface area contributed by atoms with Crippen LogP contribution in [0, 0.1) is 30.2 Å². The fraction of sp³-hybridized carbons (Fsp3) is 0.333. The van der Waals surface area contributed by atoms with Gasteiger partial charge < -0.3 is 4.74 Å². The number of benzene rings is 2. The minimum absolute atomic E-state index is 0.0157. The van der Waals surface area contributed by atoms with Crippen molar-refractivity contribution < 1.29 is 24.0 Å². The van der Waals surface area contributed by atoms with Crippen LogP contribution in [0.3, 0.4) is 0 Å². The minimum atomic E-state index is -1.43. The standard InChI is InChI=1S/C27H23N2O5/c1-14-12-21-15(2)22(14)23-24(30)29(25(31)27(21,23)28-3)34-26(32)33-13-20-18-10-6-4-8-16(18)17-9-5-7-11-19(17)20/h3-12,15,20-23H,13H2,1-2H3/q+1. The van der Waals surface area contributed by atoms with Crippen molar-refractivity contribution in [3.63, 3.8) is 0 Å². The molecule has 2 bridgehead atoms. The molecule has 170 valence electrons. The van der Waals surface area contributed by atoms with Crippen molar-refractivity contribution in [2.45, 2.75) is 25.3 Å². The number of carbonyl (C=O) groups excluding carboxylic acids is 3. The van der Waals surface area contributed by atoms with Crippen LogP contribution < -0.4 is 0 Å². The Morgan fingerprint density at radius 1 is 1.09 bits per heavy atom. The van der Waals surface area contributed by atoms with E-state index < -0.39 is 29.4 Å². The van der Waals surface area contributed by atoms with E-state index in [1.807, 2.05) is 68.5 Å². The summed E-state index contributed by atoms with van der Waals surface area (Å²) in [7, 11) is 0. The van der Waals surface area contributed by atoms with Crippen LogP contribution in [0.2, 0.25) is 0 Å². The first kappa shape index (κ1) is 20.7. The second-order valence-electron chi connectivity index (χ2n) is 9.57. The molecule has 0 aromatic heterocycles. The molecule has 34 heavy (non-hydrogen) atoms. The highest BCUT2D eigenvalue weighted by Crippen LogP contribution is 2.62. The van der Waals surface area contributed by atoms with Gasteiger partial charge in [-0.05, 0) is 35.1 Å². The number of imide groups is 1. The summed E-state index contributed by atoms with van der Waals surface area (Å²) < 4.78 is 5.42. The smallest absolute Gasteiger partial charge is 0.432 e. The molecular formula is C27H23N2O5+. The summed E-state index contributed by atoms with van der Waals surface area (Å²) in [6.07, 6.45) is 0.852. The summed E-state index contributed by atoms with van der Waals surface area (Å²) in [6, 6.07) is 15.9. The second kappa shape index (κ2) is 7.04. The average molecular weight is 455 g/mol. The molecule has 7 heteroatoms. The zero-order chi connectivity index (χ0) is 23.8. The number of carbonyl (C=O) groups is 3. The Bertz CT molecular complexity index is 1300. The SMILES string of the molecule is C#[N+]C12C(=O)N(OC(=O)OCC3c4ccccc4-c4ccccc43)C(=O)C1C1C(C)=CC2C1C. The fourth-order valence-corrected chi connectivity index (χ4v) is 6.77. The minimum Gasteiger partial charge on any atom is -0.432 e. The van der Waals surface area contributed by atoms with Gasteiger partial charge in [-0.3, -0.25) is 14.4 Å². The van der Waals surface area contributed by atoms with E-state index in [2.05, 4.69) is 4.85 Å². The second-order valence-corrected chi connectivity index (χ2v) is 9.57. The predicted octanol–water partition coefficient (Wildman–Crippen LogP) is 4.40. The van der Waals surface area contributed by atoms with Gasteiger partial charge in [-0.25, -0.2) is 4.79 Å². The van der Waals surface area contributed by atoms with Gasteiger partial charge in [0.15, 0.2) is 0 Å². The third kappa shape index (κ3) is 2.43. The molecule has 1 heterocycles. The van der Waals surface area contributed by atoms with Crippen molar-refractivity contribution >= 4 is 18.0 Å². The van der Waals surface area contributed by atoms with E-state index in [1.165, 1.54) is 0 Å². The van der Waals surface area contributed by atoms with Gasteiger partial charge >= 0.3 is 17.6 Å². The highest BCUT2D eigenvalue weighted by atomic mass is 16.8. The van der Waals surface area contributed by atoms with E-state index in [0.29, 0.717) is 5.06 Å². The molecule has 0 radical (unpaired) electrons. The molecule has 6 rings (SSSR count). The summed E-state index contributed by atoms with van der Waals surface area (Å²) in [5, 5.41) is 0.512. The normalized spacial score (nSPS) is 30.5. The van der Waals surface area contributed by atoms with E-state index in [-0.39, 0.29) is 30.3 Å². The summed E-state index contributed by atoms with van der Waals surface area (Å²) in [5.74, 6) is -2.65. The number of hydroxylamine groups is 2. The average Bonchev–Trinajstić information content (AvgIpc) is 3.47. The first-order valence-electron chi connectivity index (χ1n) is 11.4. The Morgan fingerprint density at radius 3 is 2.32 bits per heavy atom. The highest BCUT2D eigenvalue weighted by Gasteiger charge is 2.82. The van der Waals surface area contributed by atoms with Crippen molar-refractivity contribution in [2.75, 3.05) is 6.61 Å². The van der Waals surface area contributed by atoms with Crippen molar-refractivity contribution in [3.8, 4) is 17.7 Å². The maximum Gasteiger partial charge on any atom is 0.533 e. The summed E-state index contributed by atoms with van der Waals surface area (Å²) in [5.41, 5.74) is 3.89. The molecule has 2 fully saturated rings. The van der Waals surface area contributed by atoms with Crippen LogP contribution >= 0.6 is 0 Å². The molecule has 1 saturated heterocycles. The number of rotatable bonds is 3. The largest absolute Gasteiger partial charge is 0.533 e. The lowest BCUT2D eigenvalue weighted by atomic mass is 9.76. The van der Waals surface area contributed by atoms with Gasteiger partial charge in [0.25, 0.3) is 12.5 Å². The monoisotopic (exact) mass is 455 g/mol. The Morgan fingerprint density at radius 2 is 1.71 bits per heavy atom. The molecule has 4 aliphatic rings. The molecular weight excluding hydrogens is 432 g/mol. The number of hydrogen-bond acceptors (Lipinski definition) is 5. The molecule has 0 spiro atoms. The van der Waals surface area contributed by atoms with E-state index in [9.17, 15) is 14.4 Å². The molecule has 2 amide bonds. The summed E-state index contributed by atoms with van der Waals surface area (Å²) in [4.78, 5) is 48.2. The Labute approximate surface area is 196 Å². The van der Waals surface area contributed by atoms with Crippen LogP contribution in [0.4, 0.5) is 4.79 Å². The van der Waals surface area contributed by atoms with Gasteiger partial charge in [0.2, 0.25) is 0 Å². The first-order valence-corrected chi connectivity index (χ1v) is 11.4. The molecule has 2 aromatic carbocycles. The van der Waals surface area contributed by atoms with Gasteiger partial charge in [-0.15, -0.1) is 0 Å². The van der Waals surface area contributed by atoms with Crippen LogP contribution in [0.1, 0.15) is 30.9 Å². The Kier molecular flexibility index (Phi) is 4.28. The summed E-state index contributed by atoms with van der Waals surface area (Å²) >= 11 is 0. The van der Waals surface area contributed by atoms with Crippen molar-refractivity contribution in [1.29, 1.82) is 0 Å². The van der Waals surface area contributed by atoms with Gasteiger partial charge in [-0.2, -0.15) is 0 Å².